The molecule has 1 atom stereocenters. The van der Waals surface area contributed by atoms with E-state index >= 15 is 0 Å². The fourth-order valence-corrected chi connectivity index (χ4v) is 4.52. The van der Waals surface area contributed by atoms with Crippen LogP contribution in [0.2, 0.25) is 5.02 Å². The number of hydrogen-bond donors (Lipinski definition) is 4. The third kappa shape index (κ3) is 3.88. The molecule has 0 spiro atoms. The van der Waals surface area contributed by atoms with Gasteiger partial charge in [0.25, 0.3) is 11.8 Å². The topological polar surface area (TPSA) is 145 Å². The zero-order chi connectivity index (χ0) is 23.0. The number of primary amides is 1. The van der Waals surface area contributed by atoms with Crippen LogP contribution in [-0.2, 0) is 13.0 Å². The monoisotopic (exact) mass is 453 g/mol. The molecule has 32 heavy (non-hydrogen) atoms. The Bertz CT molecular complexity index is 1250. The minimum atomic E-state index is -0.433. The molecule has 166 valence electrons. The molecule has 10 heteroatoms. The van der Waals surface area contributed by atoms with Crippen LogP contribution in [0.15, 0.2) is 41.5 Å². The number of hydrogen-bond acceptors (Lipinski definition) is 5. The Morgan fingerprint density at radius 1 is 1.28 bits per heavy atom. The van der Waals surface area contributed by atoms with Crippen LogP contribution in [0.3, 0.4) is 0 Å². The predicted molar refractivity (Wildman–Crippen MR) is 126 cm³/mol. The van der Waals surface area contributed by atoms with Gasteiger partial charge in [0.2, 0.25) is 0 Å². The molecule has 1 aliphatic rings. The van der Waals surface area contributed by atoms with Crippen molar-refractivity contribution in [1.82, 2.24) is 9.88 Å². The Morgan fingerprint density at radius 3 is 2.75 bits per heavy atom. The van der Waals surface area contributed by atoms with E-state index in [4.69, 9.17) is 29.0 Å². The number of carbonyl (C=O) groups excluding carboxylic acids is 2. The minimum Gasteiger partial charge on any atom is -0.366 e. The fraction of sp³-hybridized carbons (Fsp3) is 0.227. The van der Waals surface area contributed by atoms with Gasteiger partial charge in [0, 0.05) is 29.2 Å². The van der Waals surface area contributed by atoms with E-state index in [1.165, 1.54) is 11.3 Å². The molecule has 0 fully saturated rings. The molecule has 3 aromatic rings. The second-order valence-electron chi connectivity index (χ2n) is 7.86. The number of hydrazine groups is 1. The number of benzene rings is 2. The van der Waals surface area contributed by atoms with Crippen LogP contribution in [0.5, 0.6) is 0 Å². The first kappa shape index (κ1) is 21.7. The molecule has 2 amide bonds. The van der Waals surface area contributed by atoms with Crippen LogP contribution in [0.4, 0.5) is 5.69 Å². The number of nitrogens with two attached hydrogens (primary N) is 3. The molecule has 1 aromatic heterocycles. The van der Waals surface area contributed by atoms with Gasteiger partial charge in [-0.15, -0.1) is 0 Å². The summed E-state index contributed by atoms with van der Waals surface area (Å²) in [6.07, 6.45) is 2.54. The Balaban J connectivity index is 1.57. The van der Waals surface area contributed by atoms with Crippen molar-refractivity contribution in [3.8, 4) is 0 Å². The minimum absolute atomic E-state index is 0.126. The lowest BCUT2D eigenvalue weighted by molar-refractivity contribution is 0.0925. The van der Waals surface area contributed by atoms with E-state index in [1.807, 2.05) is 25.1 Å². The summed E-state index contributed by atoms with van der Waals surface area (Å²) in [5, 5.41) is 8.72. The number of carbonyl (C=O) groups is 2. The Morgan fingerprint density at radius 2 is 2.06 bits per heavy atom. The molecule has 0 bridgehead atoms. The summed E-state index contributed by atoms with van der Waals surface area (Å²) in [5.74, 6) is 10.2. The van der Waals surface area contributed by atoms with Crippen molar-refractivity contribution in [1.29, 1.82) is 0 Å². The summed E-state index contributed by atoms with van der Waals surface area (Å²) in [7, 11) is 0. The number of nitrogens with zero attached hydrogens (tertiary/aromatic N) is 3. The Labute approximate surface area is 189 Å². The molecule has 2 heterocycles. The number of rotatable bonds is 5. The van der Waals surface area contributed by atoms with Crippen molar-refractivity contribution in [2.75, 3.05) is 5.01 Å². The lowest BCUT2D eigenvalue weighted by Crippen LogP contribution is -2.41. The normalized spacial score (nSPS) is 15.7. The van der Waals surface area contributed by atoms with Crippen LogP contribution >= 0.6 is 11.6 Å². The standard InChI is InChI=1S/C22H24ClN7O2/c1-12-2-6-18-16(8-12)20(21(24)31)19-7-3-13(10-29(18)19)28-22(32)15-5-4-14(9-17(15)23)30(26)11-27-25/h2,4-6,8-9,11,13H,3,7,10,25-26H2,1H3,(H2,24,31)(H,28,32)/b27-11-. The zero-order valence-corrected chi connectivity index (χ0v) is 18.3. The maximum atomic E-state index is 12.9. The SMILES string of the molecule is Cc1ccc2c(c1)c(C(N)=O)c1n2CC(NC(=O)c2ccc(N(N)/C=N\N)cc2Cl)CC1. The largest absolute Gasteiger partial charge is 0.366 e. The molecule has 0 saturated carbocycles. The van der Waals surface area contributed by atoms with E-state index in [2.05, 4.69) is 15.0 Å². The summed E-state index contributed by atoms with van der Waals surface area (Å²) >= 11 is 6.32. The van der Waals surface area contributed by atoms with Gasteiger partial charge in [-0.3, -0.25) is 14.6 Å². The summed E-state index contributed by atoms with van der Waals surface area (Å²) in [6.45, 7) is 2.51. The van der Waals surface area contributed by atoms with Gasteiger partial charge in [-0.25, -0.2) is 5.84 Å². The third-order valence-corrected chi connectivity index (χ3v) is 6.04. The summed E-state index contributed by atoms with van der Waals surface area (Å²) in [5.41, 5.74) is 10.0. The Kier molecular flexibility index (Phi) is 5.77. The van der Waals surface area contributed by atoms with Crippen LogP contribution < -0.4 is 27.7 Å². The van der Waals surface area contributed by atoms with E-state index < -0.39 is 5.91 Å². The van der Waals surface area contributed by atoms with Crippen molar-refractivity contribution in [3.63, 3.8) is 0 Å². The van der Waals surface area contributed by atoms with Gasteiger partial charge in [-0.1, -0.05) is 23.2 Å². The molecular weight excluding hydrogens is 430 g/mol. The number of nitrogens with one attached hydrogen (secondary N) is 1. The number of anilines is 1. The highest BCUT2D eigenvalue weighted by Crippen LogP contribution is 2.31. The van der Waals surface area contributed by atoms with Crippen molar-refractivity contribution >= 4 is 46.3 Å². The average Bonchev–Trinajstić information content (AvgIpc) is 3.06. The quantitative estimate of drug-likeness (QED) is 0.202. The van der Waals surface area contributed by atoms with Crippen LogP contribution in [-0.4, -0.2) is 28.8 Å². The van der Waals surface area contributed by atoms with Gasteiger partial charge in [-0.05, 0) is 50.1 Å². The second-order valence-corrected chi connectivity index (χ2v) is 8.27. The average molecular weight is 454 g/mol. The van der Waals surface area contributed by atoms with Gasteiger partial charge in [0.05, 0.1) is 21.8 Å². The molecule has 0 saturated heterocycles. The van der Waals surface area contributed by atoms with Gasteiger partial charge in [-0.2, -0.15) is 5.10 Å². The van der Waals surface area contributed by atoms with Crippen molar-refractivity contribution in [2.45, 2.75) is 32.4 Å². The summed E-state index contributed by atoms with van der Waals surface area (Å²) in [6, 6.07) is 10.7. The maximum absolute atomic E-state index is 12.9. The fourth-order valence-electron chi connectivity index (χ4n) is 4.26. The molecule has 1 aliphatic heterocycles. The second kappa shape index (κ2) is 8.52. The maximum Gasteiger partial charge on any atom is 0.253 e. The van der Waals surface area contributed by atoms with Gasteiger partial charge >= 0.3 is 0 Å². The van der Waals surface area contributed by atoms with Crippen molar-refractivity contribution in [2.24, 2.45) is 22.5 Å². The number of amides is 2. The molecule has 9 nitrogen and oxygen atoms in total. The lowest BCUT2D eigenvalue weighted by atomic mass is 10.0. The molecule has 0 aliphatic carbocycles. The van der Waals surface area contributed by atoms with Gasteiger partial charge in [0.15, 0.2) is 0 Å². The molecule has 0 radical (unpaired) electrons. The van der Waals surface area contributed by atoms with E-state index in [9.17, 15) is 9.59 Å². The molecule has 2 aromatic carbocycles. The summed E-state index contributed by atoms with van der Waals surface area (Å²) in [4.78, 5) is 25.1. The van der Waals surface area contributed by atoms with Gasteiger partial charge < -0.3 is 21.5 Å². The van der Waals surface area contributed by atoms with Crippen LogP contribution in [0, 0.1) is 6.92 Å². The third-order valence-electron chi connectivity index (χ3n) is 5.73. The smallest absolute Gasteiger partial charge is 0.253 e. The van der Waals surface area contributed by atoms with E-state index in [1.54, 1.807) is 18.2 Å². The van der Waals surface area contributed by atoms with Gasteiger partial charge in [0.1, 0.15) is 6.34 Å². The number of aromatic nitrogens is 1. The molecule has 1 unspecified atom stereocenters. The van der Waals surface area contributed by atoms with E-state index in [0.717, 1.165) is 22.2 Å². The highest BCUT2D eigenvalue weighted by molar-refractivity contribution is 6.34. The predicted octanol–water partition coefficient (Wildman–Crippen LogP) is 2.03. The van der Waals surface area contributed by atoms with Crippen LogP contribution in [0.1, 0.15) is 38.4 Å². The first-order valence-electron chi connectivity index (χ1n) is 10.1. The summed E-state index contributed by atoms with van der Waals surface area (Å²) < 4.78 is 2.08. The number of aryl methyl sites for hydroxylation is 1. The molecule has 4 rings (SSSR count). The van der Waals surface area contributed by atoms with Crippen molar-refractivity contribution < 1.29 is 9.59 Å². The van der Waals surface area contributed by atoms with Crippen LogP contribution in [0.25, 0.3) is 10.9 Å². The van der Waals surface area contributed by atoms with E-state index in [-0.39, 0.29) is 17.0 Å². The Hall–Kier alpha value is -3.56. The lowest BCUT2D eigenvalue weighted by Gasteiger charge is -2.27. The van der Waals surface area contributed by atoms with E-state index in [0.29, 0.717) is 36.2 Å². The molecule has 7 N–H and O–H groups in total. The van der Waals surface area contributed by atoms with Crippen molar-refractivity contribution in [3.05, 3.63) is 63.8 Å². The highest BCUT2D eigenvalue weighted by Gasteiger charge is 2.28. The number of fused-ring (bicyclic) bond motifs is 3. The highest BCUT2D eigenvalue weighted by atomic mass is 35.5. The first-order chi connectivity index (χ1) is 15.3. The number of hydrazone groups is 1. The molecular formula is C22H24ClN7O2. The first-order valence-corrected chi connectivity index (χ1v) is 10.5. The number of halogens is 1. The zero-order valence-electron chi connectivity index (χ0n) is 17.5.